The summed E-state index contributed by atoms with van der Waals surface area (Å²) in [5, 5.41) is 2.84. The van der Waals surface area contributed by atoms with E-state index in [0.717, 1.165) is 21.7 Å². The summed E-state index contributed by atoms with van der Waals surface area (Å²) in [6.45, 7) is 3.49. The van der Waals surface area contributed by atoms with Crippen LogP contribution in [0.15, 0.2) is 42.5 Å². The third kappa shape index (κ3) is 5.39. The maximum atomic E-state index is 12.5. The van der Waals surface area contributed by atoms with E-state index in [9.17, 15) is 13.2 Å². The number of nitrogens with zero attached hydrogens (tertiary/aromatic N) is 1. The van der Waals surface area contributed by atoms with E-state index in [4.69, 9.17) is 9.47 Å². The zero-order chi connectivity index (χ0) is 20.9. The number of hydrogen-bond acceptors (Lipinski definition) is 5. The molecule has 0 heterocycles. The SMILES string of the molecule is COc1ccc(N(CC(=O)NC(C)c2ccc(C)cc2)S(C)(=O)=O)cc1OC. The van der Waals surface area contributed by atoms with Crippen LogP contribution in [0.1, 0.15) is 24.1 Å². The molecule has 0 radical (unpaired) electrons. The molecule has 152 valence electrons. The Labute approximate surface area is 166 Å². The minimum Gasteiger partial charge on any atom is -0.493 e. The van der Waals surface area contributed by atoms with Gasteiger partial charge in [0.05, 0.1) is 32.2 Å². The Bertz CT molecular complexity index is 926. The smallest absolute Gasteiger partial charge is 0.241 e. The fourth-order valence-electron chi connectivity index (χ4n) is 2.74. The Hall–Kier alpha value is -2.74. The van der Waals surface area contributed by atoms with Crippen molar-refractivity contribution in [1.82, 2.24) is 5.32 Å². The minimum atomic E-state index is -3.69. The lowest BCUT2D eigenvalue weighted by Crippen LogP contribution is -2.41. The van der Waals surface area contributed by atoms with Crippen molar-refractivity contribution >= 4 is 21.6 Å². The van der Waals surface area contributed by atoms with Gasteiger partial charge in [-0.25, -0.2) is 8.42 Å². The van der Waals surface area contributed by atoms with Gasteiger partial charge >= 0.3 is 0 Å². The zero-order valence-electron chi connectivity index (χ0n) is 16.7. The number of aryl methyl sites for hydroxylation is 1. The van der Waals surface area contributed by atoms with E-state index in [1.165, 1.54) is 20.3 Å². The normalized spacial score (nSPS) is 12.2. The molecule has 2 aromatic carbocycles. The first-order valence-corrected chi connectivity index (χ1v) is 10.6. The van der Waals surface area contributed by atoms with Gasteiger partial charge in [-0.05, 0) is 31.5 Å². The van der Waals surface area contributed by atoms with Crippen LogP contribution in [0.4, 0.5) is 5.69 Å². The Morgan fingerprint density at radius 2 is 1.68 bits per heavy atom. The Balaban J connectivity index is 2.20. The number of nitrogens with one attached hydrogen (secondary N) is 1. The molecule has 1 N–H and O–H groups in total. The predicted molar refractivity (Wildman–Crippen MR) is 109 cm³/mol. The maximum Gasteiger partial charge on any atom is 0.241 e. The van der Waals surface area contributed by atoms with Gasteiger partial charge in [-0.2, -0.15) is 0 Å². The van der Waals surface area contributed by atoms with Crippen molar-refractivity contribution < 1.29 is 22.7 Å². The summed E-state index contributed by atoms with van der Waals surface area (Å²) in [5.74, 6) is 0.438. The van der Waals surface area contributed by atoms with Gasteiger partial charge in [-0.3, -0.25) is 9.10 Å². The number of rotatable bonds is 8. The standard InChI is InChI=1S/C20H26N2O5S/c1-14-6-8-16(9-7-14)15(2)21-20(23)13-22(28(5,24)25)17-10-11-18(26-3)19(12-17)27-4/h6-12,15H,13H2,1-5H3,(H,21,23). The number of carbonyl (C=O) groups is 1. The first-order chi connectivity index (χ1) is 13.2. The Morgan fingerprint density at radius 3 is 2.21 bits per heavy atom. The molecule has 28 heavy (non-hydrogen) atoms. The lowest BCUT2D eigenvalue weighted by atomic mass is 10.1. The van der Waals surface area contributed by atoms with Crippen molar-refractivity contribution in [3.63, 3.8) is 0 Å². The number of carbonyl (C=O) groups excluding carboxylic acids is 1. The predicted octanol–water partition coefficient (Wildman–Crippen LogP) is 2.66. The molecule has 0 saturated carbocycles. The van der Waals surface area contributed by atoms with Crippen LogP contribution in [-0.4, -0.2) is 41.3 Å². The molecule has 0 fully saturated rings. The fourth-order valence-corrected chi connectivity index (χ4v) is 3.58. The molecule has 0 aromatic heterocycles. The molecule has 2 aromatic rings. The van der Waals surface area contributed by atoms with Crippen LogP contribution in [0.2, 0.25) is 0 Å². The summed E-state index contributed by atoms with van der Waals surface area (Å²) in [6, 6.07) is 12.2. The van der Waals surface area contributed by atoms with Gasteiger partial charge in [0, 0.05) is 6.07 Å². The second kappa shape index (κ2) is 8.97. The lowest BCUT2D eigenvalue weighted by Gasteiger charge is -2.24. The van der Waals surface area contributed by atoms with Crippen LogP contribution in [0.25, 0.3) is 0 Å². The van der Waals surface area contributed by atoms with Crippen molar-refractivity contribution in [3.8, 4) is 11.5 Å². The number of anilines is 1. The highest BCUT2D eigenvalue weighted by atomic mass is 32.2. The molecular weight excluding hydrogens is 380 g/mol. The second-order valence-corrected chi connectivity index (χ2v) is 8.42. The van der Waals surface area contributed by atoms with Gasteiger partial charge in [0.25, 0.3) is 0 Å². The molecular formula is C20H26N2O5S. The van der Waals surface area contributed by atoms with Gasteiger partial charge in [0.2, 0.25) is 15.9 Å². The summed E-state index contributed by atoms with van der Waals surface area (Å²) < 4.78 is 36.0. The Kier molecular flexibility index (Phi) is 6.90. The van der Waals surface area contributed by atoms with Crippen LogP contribution in [0.5, 0.6) is 11.5 Å². The van der Waals surface area contributed by atoms with Gasteiger partial charge in [-0.15, -0.1) is 0 Å². The fraction of sp³-hybridized carbons (Fsp3) is 0.350. The number of hydrogen-bond donors (Lipinski definition) is 1. The van der Waals surface area contributed by atoms with Crippen LogP contribution in [-0.2, 0) is 14.8 Å². The first-order valence-electron chi connectivity index (χ1n) is 8.71. The lowest BCUT2D eigenvalue weighted by molar-refractivity contribution is -0.120. The summed E-state index contributed by atoms with van der Waals surface area (Å²) in [5.41, 5.74) is 2.38. The molecule has 0 spiro atoms. The van der Waals surface area contributed by atoms with Gasteiger partial charge in [0.15, 0.2) is 11.5 Å². The number of amides is 1. The van der Waals surface area contributed by atoms with Crippen LogP contribution < -0.4 is 19.1 Å². The molecule has 2 rings (SSSR count). The summed E-state index contributed by atoms with van der Waals surface area (Å²) >= 11 is 0. The Morgan fingerprint density at radius 1 is 1.07 bits per heavy atom. The highest BCUT2D eigenvalue weighted by molar-refractivity contribution is 7.92. The van der Waals surface area contributed by atoms with Crippen LogP contribution in [0, 0.1) is 6.92 Å². The average Bonchev–Trinajstić information content (AvgIpc) is 2.65. The molecule has 0 aliphatic carbocycles. The van der Waals surface area contributed by atoms with Gasteiger partial charge < -0.3 is 14.8 Å². The van der Waals surface area contributed by atoms with E-state index in [-0.39, 0.29) is 12.6 Å². The molecule has 0 aliphatic rings. The monoisotopic (exact) mass is 406 g/mol. The largest absolute Gasteiger partial charge is 0.493 e. The van der Waals surface area contributed by atoms with E-state index < -0.39 is 15.9 Å². The number of benzene rings is 2. The maximum absolute atomic E-state index is 12.5. The van der Waals surface area contributed by atoms with Crippen LogP contribution >= 0.6 is 0 Å². The van der Waals surface area contributed by atoms with Crippen molar-refractivity contribution in [3.05, 3.63) is 53.6 Å². The van der Waals surface area contributed by atoms with E-state index in [2.05, 4.69) is 5.32 Å². The van der Waals surface area contributed by atoms with Gasteiger partial charge in [-0.1, -0.05) is 29.8 Å². The third-order valence-corrected chi connectivity index (χ3v) is 5.44. The van der Waals surface area contributed by atoms with E-state index in [1.54, 1.807) is 12.1 Å². The summed E-state index contributed by atoms with van der Waals surface area (Å²) in [6.07, 6.45) is 1.06. The highest BCUT2D eigenvalue weighted by Crippen LogP contribution is 2.32. The highest BCUT2D eigenvalue weighted by Gasteiger charge is 2.23. The molecule has 0 aliphatic heterocycles. The zero-order valence-corrected chi connectivity index (χ0v) is 17.5. The first kappa shape index (κ1) is 21.6. The molecule has 1 atom stereocenters. The van der Waals surface area contributed by atoms with Crippen molar-refractivity contribution in [2.24, 2.45) is 0 Å². The van der Waals surface area contributed by atoms with Crippen molar-refractivity contribution in [1.29, 1.82) is 0 Å². The van der Waals surface area contributed by atoms with E-state index in [0.29, 0.717) is 17.2 Å². The second-order valence-electron chi connectivity index (χ2n) is 6.51. The molecule has 7 nitrogen and oxygen atoms in total. The van der Waals surface area contributed by atoms with Gasteiger partial charge in [0.1, 0.15) is 6.54 Å². The average molecular weight is 407 g/mol. The van der Waals surface area contributed by atoms with Crippen molar-refractivity contribution in [2.45, 2.75) is 19.9 Å². The minimum absolute atomic E-state index is 0.250. The third-order valence-electron chi connectivity index (χ3n) is 4.30. The summed E-state index contributed by atoms with van der Waals surface area (Å²) in [7, 11) is -0.735. The number of sulfonamides is 1. The topological polar surface area (TPSA) is 84.9 Å². The molecule has 0 saturated heterocycles. The molecule has 1 amide bonds. The molecule has 1 unspecified atom stereocenters. The molecule has 8 heteroatoms. The summed E-state index contributed by atoms with van der Waals surface area (Å²) in [4.78, 5) is 12.5. The van der Waals surface area contributed by atoms with E-state index >= 15 is 0 Å². The van der Waals surface area contributed by atoms with E-state index in [1.807, 2.05) is 38.1 Å². The van der Waals surface area contributed by atoms with Crippen LogP contribution in [0.3, 0.4) is 0 Å². The quantitative estimate of drug-likeness (QED) is 0.729. The number of methoxy groups -OCH3 is 2. The van der Waals surface area contributed by atoms with Crippen molar-refractivity contribution in [2.75, 3.05) is 31.3 Å². The molecule has 0 bridgehead atoms. The number of ether oxygens (including phenoxy) is 2.